The van der Waals surface area contributed by atoms with Gasteiger partial charge in [-0.3, -0.25) is 4.21 Å². The summed E-state index contributed by atoms with van der Waals surface area (Å²) in [4.78, 5) is 0. The molecule has 1 N–H and O–H groups in total. The van der Waals surface area contributed by atoms with Gasteiger partial charge in [-0.15, -0.1) is 0 Å². The van der Waals surface area contributed by atoms with Gasteiger partial charge in [0.25, 0.3) is 0 Å². The lowest BCUT2D eigenvalue weighted by Crippen LogP contribution is -2.50. The lowest BCUT2D eigenvalue weighted by molar-refractivity contribution is 0.395. The molecule has 1 aliphatic heterocycles. The van der Waals surface area contributed by atoms with Crippen LogP contribution in [0.3, 0.4) is 0 Å². The Kier molecular flexibility index (Phi) is 3.16. The molecule has 0 radical (unpaired) electrons. The Balaban J connectivity index is 2.01. The fourth-order valence-electron chi connectivity index (χ4n) is 3.09. The molecule has 0 amide bonds. The molecule has 1 aromatic carbocycles. The van der Waals surface area contributed by atoms with Crippen LogP contribution in [0.2, 0.25) is 0 Å². The molecule has 1 aliphatic carbocycles. The van der Waals surface area contributed by atoms with Crippen LogP contribution in [0, 0.1) is 0 Å². The minimum Gasteiger partial charge on any atom is -0.497 e. The predicted octanol–water partition coefficient (Wildman–Crippen LogP) is 1.79. The summed E-state index contributed by atoms with van der Waals surface area (Å²) in [6.45, 7) is 2.11. The first kappa shape index (κ1) is 12.2. The average Bonchev–Trinajstić information content (AvgIpc) is 2.37. The highest BCUT2D eigenvalue weighted by Crippen LogP contribution is 2.37. The third-order valence-corrected chi connectivity index (χ3v) is 5.99. The third-order valence-electron chi connectivity index (χ3n) is 3.97. The van der Waals surface area contributed by atoms with Crippen molar-refractivity contribution in [3.63, 3.8) is 0 Å². The van der Waals surface area contributed by atoms with Crippen LogP contribution < -0.4 is 10.1 Å². The van der Waals surface area contributed by atoms with Crippen molar-refractivity contribution in [2.24, 2.45) is 0 Å². The summed E-state index contributed by atoms with van der Waals surface area (Å²) in [5.41, 5.74) is 2.65. The zero-order valence-corrected chi connectivity index (χ0v) is 11.6. The van der Waals surface area contributed by atoms with Gasteiger partial charge in [-0.2, -0.15) is 0 Å². The van der Waals surface area contributed by atoms with Crippen molar-refractivity contribution in [3.8, 4) is 5.75 Å². The number of hydrogen-bond donors (Lipinski definition) is 1. The number of fused-ring (bicyclic) bond motifs is 3. The first-order chi connectivity index (χ1) is 8.69. The number of ether oxygens (including phenoxy) is 1. The first-order valence-electron chi connectivity index (χ1n) is 6.49. The second kappa shape index (κ2) is 4.67. The van der Waals surface area contributed by atoms with Gasteiger partial charge in [0.2, 0.25) is 0 Å². The van der Waals surface area contributed by atoms with Crippen LogP contribution in [0.25, 0.3) is 0 Å². The number of rotatable bonds is 1. The van der Waals surface area contributed by atoms with Crippen molar-refractivity contribution < 1.29 is 8.95 Å². The van der Waals surface area contributed by atoms with E-state index in [0.29, 0.717) is 6.04 Å². The summed E-state index contributed by atoms with van der Waals surface area (Å²) in [6.07, 6.45) is 2.05. The van der Waals surface area contributed by atoms with Gasteiger partial charge in [-0.25, -0.2) is 0 Å². The summed E-state index contributed by atoms with van der Waals surface area (Å²) < 4.78 is 17.6. The van der Waals surface area contributed by atoms with Gasteiger partial charge in [-0.1, -0.05) is 6.07 Å². The minimum atomic E-state index is -0.706. The summed E-state index contributed by atoms with van der Waals surface area (Å²) in [5.74, 6) is 1.67. The number of nitrogens with one attached hydrogen (secondary N) is 1. The van der Waals surface area contributed by atoms with E-state index in [1.165, 1.54) is 11.1 Å². The Labute approximate surface area is 110 Å². The van der Waals surface area contributed by atoms with Gasteiger partial charge in [0, 0.05) is 28.6 Å². The van der Waals surface area contributed by atoms with E-state index in [4.69, 9.17) is 4.74 Å². The van der Waals surface area contributed by atoms with Crippen molar-refractivity contribution in [2.75, 3.05) is 12.9 Å². The topological polar surface area (TPSA) is 38.3 Å². The van der Waals surface area contributed by atoms with Crippen molar-refractivity contribution in [1.82, 2.24) is 5.32 Å². The molecule has 1 fully saturated rings. The molecule has 4 atom stereocenters. The molecule has 1 heterocycles. The molecule has 18 heavy (non-hydrogen) atoms. The summed E-state index contributed by atoms with van der Waals surface area (Å²) in [7, 11) is 0.986. The van der Waals surface area contributed by atoms with Crippen molar-refractivity contribution in [1.29, 1.82) is 0 Å². The highest BCUT2D eigenvalue weighted by atomic mass is 32.2. The molecule has 98 valence electrons. The van der Waals surface area contributed by atoms with Gasteiger partial charge >= 0.3 is 0 Å². The van der Waals surface area contributed by atoms with Crippen LogP contribution in [0.15, 0.2) is 18.2 Å². The highest BCUT2D eigenvalue weighted by Gasteiger charge is 2.38. The molecule has 2 aliphatic rings. The molecule has 0 bridgehead atoms. The minimum absolute atomic E-state index is 0.230. The zero-order valence-electron chi connectivity index (χ0n) is 10.8. The van der Waals surface area contributed by atoms with E-state index in [0.717, 1.165) is 24.3 Å². The van der Waals surface area contributed by atoms with Gasteiger partial charge in [0.15, 0.2) is 0 Å². The molecular formula is C14H19NO2S. The number of hydrogen-bond acceptors (Lipinski definition) is 3. The normalized spacial score (nSPS) is 34.6. The molecule has 3 nitrogen and oxygen atoms in total. The van der Waals surface area contributed by atoms with E-state index in [9.17, 15) is 4.21 Å². The maximum Gasteiger partial charge on any atom is 0.119 e. The van der Waals surface area contributed by atoms with Crippen molar-refractivity contribution in [2.45, 2.75) is 37.1 Å². The maximum atomic E-state index is 12.2. The Bertz CT molecular complexity index is 489. The van der Waals surface area contributed by atoms with Crippen LogP contribution >= 0.6 is 0 Å². The Morgan fingerprint density at radius 3 is 3.06 bits per heavy atom. The highest BCUT2D eigenvalue weighted by molar-refractivity contribution is 7.85. The SMILES string of the molecule is COc1ccc2c(c1)C1NC(C)CS(=O)C1CC2. The van der Waals surface area contributed by atoms with E-state index in [-0.39, 0.29) is 11.3 Å². The zero-order chi connectivity index (χ0) is 12.7. The lowest BCUT2D eigenvalue weighted by Gasteiger charge is -2.40. The fourth-order valence-corrected chi connectivity index (χ4v) is 4.83. The first-order valence-corrected chi connectivity index (χ1v) is 7.87. The summed E-state index contributed by atoms with van der Waals surface area (Å²) in [5, 5.41) is 3.87. The lowest BCUT2D eigenvalue weighted by atomic mass is 9.86. The number of methoxy groups -OCH3 is 1. The standard InChI is InChI=1S/C14H19NO2S/c1-9-8-18(16)13-6-4-10-3-5-11(17-2)7-12(10)14(13)15-9/h3,5,7,9,13-15H,4,6,8H2,1-2H3. The van der Waals surface area contributed by atoms with Crippen molar-refractivity contribution in [3.05, 3.63) is 29.3 Å². The quantitative estimate of drug-likeness (QED) is 0.841. The Hall–Kier alpha value is -0.870. The van der Waals surface area contributed by atoms with E-state index >= 15 is 0 Å². The molecule has 0 aromatic heterocycles. The largest absolute Gasteiger partial charge is 0.497 e. The number of aryl methyl sites for hydroxylation is 1. The molecule has 3 rings (SSSR count). The second-order valence-corrected chi connectivity index (χ2v) is 6.93. The smallest absolute Gasteiger partial charge is 0.119 e. The Morgan fingerprint density at radius 2 is 2.28 bits per heavy atom. The van der Waals surface area contributed by atoms with Crippen LogP contribution in [0.5, 0.6) is 5.75 Å². The molecule has 1 saturated heterocycles. The van der Waals surface area contributed by atoms with Crippen LogP contribution in [-0.2, 0) is 17.2 Å². The monoisotopic (exact) mass is 265 g/mol. The molecular weight excluding hydrogens is 246 g/mol. The van der Waals surface area contributed by atoms with Gasteiger partial charge in [0.05, 0.1) is 12.4 Å². The summed E-state index contributed by atoms with van der Waals surface area (Å²) >= 11 is 0. The van der Waals surface area contributed by atoms with Gasteiger partial charge < -0.3 is 10.1 Å². The van der Waals surface area contributed by atoms with Crippen LogP contribution in [0.4, 0.5) is 0 Å². The third kappa shape index (κ3) is 1.97. The summed E-state index contributed by atoms with van der Waals surface area (Å²) in [6, 6.07) is 6.82. The predicted molar refractivity (Wildman–Crippen MR) is 73.5 cm³/mol. The molecule has 4 unspecified atom stereocenters. The van der Waals surface area contributed by atoms with E-state index in [1.54, 1.807) is 7.11 Å². The molecule has 1 aromatic rings. The maximum absolute atomic E-state index is 12.2. The molecule has 4 heteroatoms. The second-order valence-electron chi connectivity index (χ2n) is 5.23. The van der Waals surface area contributed by atoms with Gasteiger partial charge in [-0.05, 0) is 43.0 Å². The van der Waals surface area contributed by atoms with Crippen LogP contribution in [0.1, 0.15) is 30.5 Å². The van der Waals surface area contributed by atoms with Gasteiger partial charge in [0.1, 0.15) is 5.75 Å². The average molecular weight is 265 g/mol. The van der Waals surface area contributed by atoms with Crippen molar-refractivity contribution >= 4 is 10.8 Å². The Morgan fingerprint density at radius 1 is 1.44 bits per heavy atom. The van der Waals surface area contributed by atoms with Crippen LogP contribution in [-0.4, -0.2) is 28.4 Å². The van der Waals surface area contributed by atoms with E-state index in [1.807, 2.05) is 6.07 Å². The van der Waals surface area contributed by atoms with E-state index < -0.39 is 10.8 Å². The fraction of sp³-hybridized carbons (Fsp3) is 0.571. The molecule has 0 saturated carbocycles. The molecule has 0 spiro atoms. The van der Waals surface area contributed by atoms with E-state index in [2.05, 4.69) is 24.4 Å². The number of benzene rings is 1.